The molecule has 0 amide bonds. The first-order valence-electron chi connectivity index (χ1n) is 8.68. The molecule has 2 atom stereocenters. The fourth-order valence-electron chi connectivity index (χ4n) is 2.61. The monoisotopic (exact) mass is 398 g/mol. The van der Waals surface area contributed by atoms with E-state index in [9.17, 15) is 0 Å². The van der Waals surface area contributed by atoms with Crippen molar-refractivity contribution < 1.29 is 21.2 Å². The summed E-state index contributed by atoms with van der Waals surface area (Å²) in [4.78, 5) is 0. The molecule has 0 bridgehead atoms. The van der Waals surface area contributed by atoms with Crippen molar-refractivity contribution in [1.82, 2.24) is 0 Å². The van der Waals surface area contributed by atoms with Gasteiger partial charge < -0.3 is 21.2 Å². The van der Waals surface area contributed by atoms with Crippen LogP contribution in [-0.2, 0) is 21.2 Å². The largest absolute Gasteiger partial charge is 0.635 e. The first kappa shape index (κ1) is 20.9. The Morgan fingerprint density at radius 3 is 2.00 bits per heavy atom. The van der Waals surface area contributed by atoms with Gasteiger partial charge in [0.2, 0.25) is 0 Å². The average molecular weight is 399 g/mol. The van der Waals surface area contributed by atoms with E-state index in [2.05, 4.69) is 39.7 Å². The summed E-state index contributed by atoms with van der Waals surface area (Å²) in [6, 6.07) is 0. The Morgan fingerprint density at radius 1 is 1.00 bits per heavy atom. The summed E-state index contributed by atoms with van der Waals surface area (Å²) in [5.74, 6) is 0. The Kier molecular flexibility index (Phi) is 9.52. The van der Waals surface area contributed by atoms with Gasteiger partial charge in [0.15, 0.2) is 37.6 Å². The van der Waals surface area contributed by atoms with Gasteiger partial charge in [-0.15, -0.1) is 0 Å². The fourth-order valence-corrected chi connectivity index (χ4v) is 17.4. The van der Waals surface area contributed by atoms with Crippen LogP contribution in [0.15, 0.2) is 0 Å². The Bertz CT molecular complexity index is 303. The van der Waals surface area contributed by atoms with Crippen LogP contribution in [0.1, 0.15) is 26.2 Å². The van der Waals surface area contributed by atoms with Gasteiger partial charge in [0.05, 0.1) is 6.10 Å². The molecule has 1 aliphatic rings. The highest BCUT2D eigenvalue weighted by Crippen LogP contribution is 2.49. The van der Waals surface area contributed by atoms with Gasteiger partial charge >= 0.3 is 9.05 Å². The Balaban J connectivity index is 2.62. The molecule has 1 rings (SSSR count). The fraction of sp³-hybridized carbons (Fsp3) is 1.00. The van der Waals surface area contributed by atoms with E-state index in [1.165, 1.54) is 6.42 Å². The quantitative estimate of drug-likeness (QED) is 0.343. The summed E-state index contributed by atoms with van der Waals surface area (Å²) in [5, 5.41) is 0. The maximum absolute atomic E-state index is 6.54. The van der Waals surface area contributed by atoms with E-state index in [4.69, 9.17) is 21.2 Å². The zero-order valence-electron chi connectivity index (χ0n) is 15.1. The molecule has 0 aromatic carbocycles. The minimum Gasteiger partial charge on any atom is -0.402 e. The van der Waals surface area contributed by atoms with Crippen LogP contribution in [0, 0.1) is 0 Å². The maximum Gasteiger partial charge on any atom is 0.635 e. The molecule has 10 heteroatoms. The van der Waals surface area contributed by atoms with Gasteiger partial charge in [-0.05, 0) is 25.9 Å². The van der Waals surface area contributed by atoms with E-state index in [-0.39, 0.29) is 0 Å². The molecule has 0 aliphatic heterocycles. The summed E-state index contributed by atoms with van der Waals surface area (Å²) in [6.07, 6.45) is 3.84. The van der Waals surface area contributed by atoms with Crippen molar-refractivity contribution in [3.63, 3.8) is 0 Å². The molecule has 0 heterocycles. The van der Waals surface area contributed by atoms with Crippen molar-refractivity contribution in [3.8, 4) is 0 Å². The summed E-state index contributed by atoms with van der Waals surface area (Å²) < 4.78 is 30.6. The molecule has 2 unspecified atom stereocenters. The third-order valence-electron chi connectivity index (χ3n) is 3.81. The summed E-state index contributed by atoms with van der Waals surface area (Å²) in [6.45, 7) is 14.0. The minimum absolute atomic E-state index is 0.386. The van der Waals surface area contributed by atoms with E-state index < -0.39 is 46.7 Å². The Morgan fingerprint density at radius 2 is 1.55 bits per heavy atom. The van der Waals surface area contributed by atoms with Crippen LogP contribution in [0.2, 0.25) is 38.3 Å². The predicted octanol–water partition coefficient (Wildman–Crippen LogP) is 1.05. The van der Waals surface area contributed by atoms with Crippen LogP contribution >= 0.6 is 0 Å². The Hall–Kier alpha value is 0.884. The third kappa shape index (κ3) is 6.41. The van der Waals surface area contributed by atoms with E-state index in [1.54, 1.807) is 0 Å². The van der Waals surface area contributed by atoms with Gasteiger partial charge in [0.25, 0.3) is 0 Å². The zero-order chi connectivity index (χ0) is 16.6. The number of ether oxygens (including phenoxy) is 1. The molecule has 1 saturated carbocycles. The normalized spacial score (nSPS) is 25.9. The zero-order valence-corrected chi connectivity index (χ0v) is 21.4. The molecule has 1 fully saturated rings. The molecule has 0 saturated heterocycles. The van der Waals surface area contributed by atoms with Gasteiger partial charge in [0, 0.05) is 12.1 Å². The average Bonchev–Trinajstić information content (AvgIpc) is 3.20. The maximum atomic E-state index is 6.54. The second kappa shape index (κ2) is 10.0. The molecule has 0 N–H and O–H groups in total. The molecule has 22 heavy (non-hydrogen) atoms. The number of hydrogen-bond acceptors (Lipinski definition) is 5. The topological polar surface area (TPSA) is 46.2 Å². The van der Waals surface area contributed by atoms with Crippen molar-refractivity contribution in [3.05, 3.63) is 0 Å². The third-order valence-corrected chi connectivity index (χ3v) is 17.0. The molecular weight excluding hydrogens is 365 g/mol. The van der Waals surface area contributed by atoms with E-state index >= 15 is 0 Å². The van der Waals surface area contributed by atoms with Gasteiger partial charge in [-0.3, -0.25) is 0 Å². The second-order valence-corrected chi connectivity index (χ2v) is 17.1. The molecule has 0 aromatic rings. The standard InChI is InChI=1S/C12H34O5Si5/c1-7-8-9-13-11-10-12(11)21(5,6)17-22(14-18-2,15-19-3)16-20-4/h11-12H,7-10,18-20H2,1-6H3. The van der Waals surface area contributed by atoms with Gasteiger partial charge in [-0.25, -0.2) is 0 Å². The summed E-state index contributed by atoms with van der Waals surface area (Å²) >= 11 is 0. The lowest BCUT2D eigenvalue weighted by molar-refractivity contribution is 0.114. The van der Waals surface area contributed by atoms with Crippen LogP contribution in [-0.4, -0.2) is 59.4 Å². The molecular formula is C12H34O5Si5. The minimum atomic E-state index is -2.83. The highest BCUT2D eigenvalue weighted by molar-refractivity contribution is 6.83. The lowest BCUT2D eigenvalue weighted by Crippen LogP contribution is -2.57. The van der Waals surface area contributed by atoms with Gasteiger partial charge in [-0.1, -0.05) is 33.0 Å². The molecule has 5 nitrogen and oxygen atoms in total. The number of rotatable bonds is 13. The van der Waals surface area contributed by atoms with Crippen molar-refractivity contribution in [2.24, 2.45) is 0 Å². The van der Waals surface area contributed by atoms with E-state index in [1.807, 2.05) is 0 Å². The molecule has 0 aromatic heterocycles. The van der Waals surface area contributed by atoms with Crippen molar-refractivity contribution in [2.45, 2.75) is 70.6 Å². The van der Waals surface area contributed by atoms with E-state index in [0.717, 1.165) is 19.4 Å². The van der Waals surface area contributed by atoms with Crippen LogP contribution in [0.3, 0.4) is 0 Å². The predicted molar refractivity (Wildman–Crippen MR) is 104 cm³/mol. The number of hydrogen-bond donors (Lipinski definition) is 0. The van der Waals surface area contributed by atoms with Crippen LogP contribution < -0.4 is 0 Å². The van der Waals surface area contributed by atoms with Crippen LogP contribution in [0.5, 0.6) is 0 Å². The first-order valence-corrected chi connectivity index (χ1v) is 19.3. The summed E-state index contributed by atoms with van der Waals surface area (Å²) in [5.41, 5.74) is 0.558. The molecule has 132 valence electrons. The molecule has 0 radical (unpaired) electrons. The second-order valence-electron chi connectivity index (χ2n) is 6.11. The first-order chi connectivity index (χ1) is 10.4. The van der Waals surface area contributed by atoms with E-state index in [0.29, 0.717) is 11.6 Å². The molecule has 0 spiro atoms. The van der Waals surface area contributed by atoms with Crippen molar-refractivity contribution in [1.29, 1.82) is 0 Å². The Labute approximate surface area is 145 Å². The smallest absolute Gasteiger partial charge is 0.402 e. The van der Waals surface area contributed by atoms with Crippen LogP contribution in [0.4, 0.5) is 0 Å². The highest BCUT2D eigenvalue weighted by Gasteiger charge is 2.57. The highest BCUT2D eigenvalue weighted by atomic mass is 28.5. The van der Waals surface area contributed by atoms with Crippen molar-refractivity contribution in [2.75, 3.05) is 6.61 Å². The van der Waals surface area contributed by atoms with Crippen molar-refractivity contribution >= 4 is 46.7 Å². The molecule has 1 aliphatic carbocycles. The lowest BCUT2D eigenvalue weighted by atomic mass is 10.4. The summed E-state index contributed by atoms with van der Waals surface area (Å²) in [7, 11) is -6.58. The van der Waals surface area contributed by atoms with Gasteiger partial charge in [-0.2, -0.15) is 0 Å². The SMILES string of the molecule is CCCCOC1CC1[Si](C)(C)O[Si](O[SiH2]C)(O[SiH2]C)O[SiH2]C. The van der Waals surface area contributed by atoms with Gasteiger partial charge in [0.1, 0.15) is 0 Å². The number of unbranched alkanes of at least 4 members (excludes halogenated alkanes) is 1. The van der Waals surface area contributed by atoms with Crippen LogP contribution in [0.25, 0.3) is 0 Å². The lowest BCUT2D eigenvalue weighted by Gasteiger charge is -2.36.